The number of hydrogen-bond acceptors (Lipinski definition) is 5. The Kier molecular flexibility index (Phi) is 6.91. The van der Waals surface area contributed by atoms with Crippen molar-refractivity contribution in [1.82, 2.24) is 0 Å². The van der Waals surface area contributed by atoms with E-state index in [0.717, 1.165) is 11.8 Å². The van der Waals surface area contributed by atoms with Gasteiger partial charge >= 0.3 is 5.97 Å². The second-order valence-electron chi connectivity index (χ2n) is 5.48. The minimum Gasteiger partial charge on any atom is -0.452 e. The van der Waals surface area contributed by atoms with E-state index in [1.807, 2.05) is 0 Å². The highest BCUT2D eigenvalue weighted by Crippen LogP contribution is 2.21. The number of carbonyl (C=O) groups is 3. The zero-order valence-corrected chi connectivity index (χ0v) is 15.1. The second kappa shape index (κ2) is 9.15. The minimum absolute atomic E-state index is 0.113. The van der Waals surface area contributed by atoms with Gasteiger partial charge in [-0.2, -0.15) is 0 Å². The number of halogens is 1. The van der Waals surface area contributed by atoms with Gasteiger partial charge in [-0.05, 0) is 38.1 Å². The van der Waals surface area contributed by atoms with Crippen molar-refractivity contribution in [2.75, 3.05) is 11.1 Å². The van der Waals surface area contributed by atoms with Crippen LogP contribution >= 0.6 is 11.8 Å². The first-order valence-electron chi connectivity index (χ1n) is 7.85. The van der Waals surface area contributed by atoms with E-state index < -0.39 is 23.8 Å². The van der Waals surface area contributed by atoms with E-state index >= 15 is 0 Å². The summed E-state index contributed by atoms with van der Waals surface area (Å²) in [4.78, 5) is 35.7. The molecule has 7 heteroatoms. The van der Waals surface area contributed by atoms with Crippen LogP contribution in [-0.4, -0.2) is 29.5 Å². The molecule has 0 radical (unpaired) electrons. The van der Waals surface area contributed by atoms with Gasteiger partial charge in [0.25, 0.3) is 5.91 Å². The fraction of sp³-hybridized carbons (Fsp3) is 0.211. The molecule has 2 aromatic carbocycles. The van der Waals surface area contributed by atoms with E-state index in [1.54, 1.807) is 42.5 Å². The first-order valence-corrected chi connectivity index (χ1v) is 8.84. The van der Waals surface area contributed by atoms with Gasteiger partial charge in [0.15, 0.2) is 11.9 Å². The van der Waals surface area contributed by atoms with Gasteiger partial charge in [0.1, 0.15) is 5.82 Å². The standard InChI is InChI=1S/C19H18FNO4S/c1-12(22)14-6-5-7-15(10-14)21-19(24)13(2)25-18(23)11-26-17-9-4-3-8-16(17)20/h3-10,13H,11H2,1-2H3,(H,21,24)/t13-/m1/s1. The number of ketones is 1. The highest BCUT2D eigenvalue weighted by atomic mass is 32.2. The summed E-state index contributed by atoms with van der Waals surface area (Å²) in [5.41, 5.74) is 0.903. The van der Waals surface area contributed by atoms with Crippen LogP contribution in [0.1, 0.15) is 24.2 Å². The van der Waals surface area contributed by atoms with Crippen molar-refractivity contribution in [2.45, 2.75) is 24.8 Å². The maximum Gasteiger partial charge on any atom is 0.317 e. The Hall–Kier alpha value is -2.67. The van der Waals surface area contributed by atoms with Crippen LogP contribution in [0.2, 0.25) is 0 Å². The van der Waals surface area contributed by atoms with Gasteiger partial charge in [0.05, 0.1) is 5.75 Å². The third-order valence-electron chi connectivity index (χ3n) is 3.40. The number of hydrogen-bond donors (Lipinski definition) is 1. The molecule has 1 N–H and O–H groups in total. The molecular formula is C19H18FNO4S. The Morgan fingerprint density at radius 3 is 2.58 bits per heavy atom. The highest BCUT2D eigenvalue weighted by molar-refractivity contribution is 8.00. The first kappa shape index (κ1) is 19.7. The van der Waals surface area contributed by atoms with Crippen molar-refractivity contribution >= 4 is 35.1 Å². The van der Waals surface area contributed by atoms with Crippen molar-refractivity contribution in [3.8, 4) is 0 Å². The summed E-state index contributed by atoms with van der Waals surface area (Å²) in [5, 5.41) is 2.59. The smallest absolute Gasteiger partial charge is 0.317 e. The number of esters is 1. The molecule has 0 aliphatic heterocycles. The van der Waals surface area contributed by atoms with E-state index in [0.29, 0.717) is 16.1 Å². The molecule has 0 heterocycles. The molecule has 136 valence electrons. The SMILES string of the molecule is CC(=O)c1cccc(NC(=O)[C@@H](C)OC(=O)CSc2ccccc2F)c1. The van der Waals surface area contributed by atoms with Gasteiger partial charge in [-0.25, -0.2) is 4.39 Å². The van der Waals surface area contributed by atoms with Crippen LogP contribution in [0, 0.1) is 5.82 Å². The predicted molar refractivity (Wildman–Crippen MR) is 97.8 cm³/mol. The van der Waals surface area contributed by atoms with Crippen LogP contribution < -0.4 is 5.32 Å². The number of anilines is 1. The van der Waals surface area contributed by atoms with Crippen molar-refractivity contribution in [2.24, 2.45) is 0 Å². The Morgan fingerprint density at radius 2 is 1.88 bits per heavy atom. The molecule has 0 unspecified atom stereocenters. The minimum atomic E-state index is -1.02. The zero-order chi connectivity index (χ0) is 19.1. The Bertz CT molecular complexity index is 825. The number of ether oxygens (including phenoxy) is 1. The van der Waals surface area contributed by atoms with Crippen LogP contribution in [0.4, 0.5) is 10.1 Å². The second-order valence-corrected chi connectivity index (χ2v) is 6.49. The molecule has 0 bridgehead atoms. The number of Topliss-reactive ketones (excluding diaryl/α,β-unsaturated/α-hetero) is 1. The van der Waals surface area contributed by atoms with Gasteiger partial charge in [-0.3, -0.25) is 14.4 Å². The summed E-state index contributed by atoms with van der Waals surface area (Å²) >= 11 is 0.999. The molecule has 1 atom stereocenters. The average Bonchev–Trinajstić information content (AvgIpc) is 2.61. The molecule has 1 amide bonds. The van der Waals surface area contributed by atoms with Gasteiger partial charge in [0, 0.05) is 16.1 Å². The van der Waals surface area contributed by atoms with E-state index in [1.165, 1.54) is 19.9 Å². The molecular weight excluding hydrogens is 357 g/mol. The van der Waals surface area contributed by atoms with Crippen molar-refractivity contribution < 1.29 is 23.5 Å². The van der Waals surface area contributed by atoms with Crippen LogP contribution in [0.5, 0.6) is 0 Å². The number of amides is 1. The summed E-state index contributed by atoms with van der Waals surface area (Å²) in [6.45, 7) is 2.87. The van der Waals surface area contributed by atoms with Crippen LogP contribution in [0.15, 0.2) is 53.4 Å². The fourth-order valence-electron chi connectivity index (χ4n) is 2.04. The number of benzene rings is 2. The summed E-state index contributed by atoms with van der Waals surface area (Å²) in [6, 6.07) is 12.6. The number of nitrogens with one attached hydrogen (secondary N) is 1. The van der Waals surface area contributed by atoms with Crippen molar-refractivity contribution in [3.63, 3.8) is 0 Å². The molecule has 0 aromatic heterocycles. The average molecular weight is 375 g/mol. The van der Waals surface area contributed by atoms with E-state index in [2.05, 4.69) is 5.32 Å². The van der Waals surface area contributed by atoms with Gasteiger partial charge in [-0.15, -0.1) is 11.8 Å². The summed E-state index contributed by atoms with van der Waals surface area (Å²) in [5.74, 6) is -1.79. The maximum absolute atomic E-state index is 13.5. The number of thioether (sulfide) groups is 1. The lowest BCUT2D eigenvalue weighted by atomic mass is 10.1. The van der Waals surface area contributed by atoms with E-state index in [9.17, 15) is 18.8 Å². The van der Waals surface area contributed by atoms with E-state index in [4.69, 9.17) is 4.74 Å². The lowest BCUT2D eigenvalue weighted by Gasteiger charge is -2.14. The topological polar surface area (TPSA) is 72.5 Å². The lowest BCUT2D eigenvalue weighted by molar-refractivity contribution is -0.150. The quantitative estimate of drug-likeness (QED) is 0.454. The molecule has 0 aliphatic rings. The van der Waals surface area contributed by atoms with Crippen molar-refractivity contribution in [1.29, 1.82) is 0 Å². The summed E-state index contributed by atoms with van der Waals surface area (Å²) in [7, 11) is 0. The summed E-state index contributed by atoms with van der Waals surface area (Å²) in [6.07, 6.45) is -1.02. The normalized spacial score (nSPS) is 11.5. The predicted octanol–water partition coefficient (Wildman–Crippen LogP) is 3.69. The van der Waals surface area contributed by atoms with Crippen LogP contribution in [-0.2, 0) is 14.3 Å². The molecule has 0 saturated heterocycles. The maximum atomic E-state index is 13.5. The van der Waals surface area contributed by atoms with Gasteiger partial charge in [-0.1, -0.05) is 24.3 Å². The third-order valence-corrected chi connectivity index (χ3v) is 4.42. The Balaban J connectivity index is 1.86. The van der Waals surface area contributed by atoms with Crippen molar-refractivity contribution in [3.05, 3.63) is 59.9 Å². The Labute approximate surface area is 154 Å². The molecule has 26 heavy (non-hydrogen) atoms. The largest absolute Gasteiger partial charge is 0.452 e. The molecule has 2 aromatic rings. The number of rotatable bonds is 7. The monoisotopic (exact) mass is 375 g/mol. The van der Waals surface area contributed by atoms with E-state index in [-0.39, 0.29) is 11.5 Å². The molecule has 5 nitrogen and oxygen atoms in total. The zero-order valence-electron chi connectivity index (χ0n) is 14.3. The summed E-state index contributed by atoms with van der Waals surface area (Å²) < 4.78 is 18.6. The van der Waals surface area contributed by atoms with Gasteiger partial charge < -0.3 is 10.1 Å². The highest BCUT2D eigenvalue weighted by Gasteiger charge is 2.18. The first-order chi connectivity index (χ1) is 12.4. The molecule has 0 spiro atoms. The lowest BCUT2D eigenvalue weighted by Crippen LogP contribution is -2.30. The molecule has 0 aliphatic carbocycles. The molecule has 0 saturated carbocycles. The fourth-order valence-corrected chi connectivity index (χ4v) is 2.77. The van der Waals surface area contributed by atoms with Crippen LogP contribution in [0.25, 0.3) is 0 Å². The van der Waals surface area contributed by atoms with Gasteiger partial charge in [0.2, 0.25) is 0 Å². The third kappa shape index (κ3) is 5.70. The molecule has 0 fully saturated rings. The Morgan fingerprint density at radius 1 is 1.15 bits per heavy atom. The molecule has 2 rings (SSSR count). The number of carbonyl (C=O) groups excluding carboxylic acids is 3. The van der Waals surface area contributed by atoms with Crippen LogP contribution in [0.3, 0.4) is 0 Å².